The van der Waals surface area contributed by atoms with Gasteiger partial charge in [-0.25, -0.2) is 4.98 Å². The summed E-state index contributed by atoms with van der Waals surface area (Å²) in [4.78, 5) is 74.0. The molecule has 4 amide bonds. The number of hydrogen-bond acceptors (Lipinski definition) is 15. The summed E-state index contributed by atoms with van der Waals surface area (Å²) in [5, 5.41) is 12.7. The zero-order valence-electron chi connectivity index (χ0n) is 45.3. The monoisotopic (exact) mass is 1130 g/mol. The summed E-state index contributed by atoms with van der Waals surface area (Å²) in [5.74, 6) is -0.281. The molecule has 2 saturated heterocycles. The Bertz CT molecular complexity index is 3270. The van der Waals surface area contributed by atoms with Gasteiger partial charge in [0.1, 0.15) is 18.7 Å². The number of aryl methyl sites for hydroxylation is 2. The first-order chi connectivity index (χ1) is 38.4. The number of fused-ring (bicyclic) bond motifs is 3. The van der Waals surface area contributed by atoms with Gasteiger partial charge in [-0.05, 0) is 130 Å². The minimum Gasteiger partial charge on any atom is -0.395 e. The number of thiophene rings is 1. The van der Waals surface area contributed by atoms with Crippen LogP contribution in [0.3, 0.4) is 0 Å². The molecule has 2 saturated carbocycles. The Morgan fingerprint density at radius 2 is 1.69 bits per heavy atom. The Balaban J connectivity index is 0.000000149. The molecule has 0 spiro atoms. The molecule has 3 aromatic carbocycles. The number of benzene rings is 3. The zero-order valence-corrected chi connectivity index (χ0v) is 46.9. The number of anilines is 1. The smallest absolute Gasteiger partial charge is 0.395 e. The first-order valence-corrected chi connectivity index (χ1v) is 27.9. The average molecular weight is 1140 g/mol. The predicted octanol–water partition coefficient (Wildman–Crippen LogP) is 8.25. The van der Waals surface area contributed by atoms with Crippen molar-refractivity contribution < 1.29 is 51.7 Å². The summed E-state index contributed by atoms with van der Waals surface area (Å²) in [6.07, 6.45) is 0.751. The fourth-order valence-corrected chi connectivity index (χ4v) is 11.4. The van der Waals surface area contributed by atoms with E-state index in [4.69, 9.17) is 21.1 Å². The number of aromatic nitrogens is 2. The van der Waals surface area contributed by atoms with Crippen LogP contribution in [0.1, 0.15) is 63.7 Å². The number of carbonyl (C=O) groups is 5. The largest absolute Gasteiger partial charge is 0.586 e. The van der Waals surface area contributed by atoms with Crippen molar-refractivity contribution in [3.05, 3.63) is 123 Å². The highest BCUT2D eigenvalue weighted by Crippen LogP contribution is 2.52. The molecule has 6 heterocycles. The second-order valence-electron chi connectivity index (χ2n) is 20.6. The van der Waals surface area contributed by atoms with Crippen LogP contribution in [0, 0.1) is 32.6 Å². The summed E-state index contributed by atoms with van der Waals surface area (Å²) in [7, 11) is 1.85. The van der Waals surface area contributed by atoms with E-state index < -0.39 is 11.7 Å². The van der Waals surface area contributed by atoms with Gasteiger partial charge in [0.05, 0.1) is 59.5 Å². The number of aldehydes is 1. The maximum Gasteiger partial charge on any atom is 0.586 e. The number of piperidine rings is 1. The number of likely N-dealkylation sites (N-methyl/N-ethyl adjacent to an activating group) is 1. The third-order valence-corrected chi connectivity index (χ3v) is 16.1. The summed E-state index contributed by atoms with van der Waals surface area (Å²) in [5.41, 5.74) is 7.99. The highest BCUT2D eigenvalue weighted by molar-refractivity contribution is 7.19. The summed E-state index contributed by atoms with van der Waals surface area (Å²) < 4.78 is 47.5. The van der Waals surface area contributed by atoms with E-state index >= 15 is 0 Å². The molecule has 422 valence electrons. The number of likely N-dealkylation sites (tertiary alicyclic amines) is 1. The Kier molecular flexibility index (Phi) is 18.3. The van der Waals surface area contributed by atoms with Crippen molar-refractivity contribution in [1.82, 2.24) is 35.7 Å². The van der Waals surface area contributed by atoms with Gasteiger partial charge in [0.2, 0.25) is 23.6 Å². The van der Waals surface area contributed by atoms with Gasteiger partial charge in [-0.2, -0.15) is 0 Å². The van der Waals surface area contributed by atoms with Crippen molar-refractivity contribution >= 4 is 68.9 Å². The van der Waals surface area contributed by atoms with E-state index in [0.717, 1.165) is 88.3 Å². The van der Waals surface area contributed by atoms with Gasteiger partial charge < -0.3 is 40.2 Å². The summed E-state index contributed by atoms with van der Waals surface area (Å²) >= 11 is 7.89. The van der Waals surface area contributed by atoms with E-state index in [-0.39, 0.29) is 53.6 Å². The van der Waals surface area contributed by atoms with Crippen LogP contribution in [0.25, 0.3) is 32.6 Å². The number of ether oxygens (including phenoxy) is 4. The Morgan fingerprint density at radius 3 is 2.44 bits per heavy atom. The van der Waals surface area contributed by atoms with E-state index in [0.29, 0.717) is 79.5 Å². The lowest BCUT2D eigenvalue weighted by molar-refractivity contribution is -0.286. The molecule has 6 aromatic rings. The fraction of sp³-hybridized carbons (Fsp3) is 0.407. The number of hydrogen-bond donors (Lipinski definition) is 4. The number of carbonyl (C=O) groups excluding carboxylic acids is 5. The zero-order chi connectivity index (χ0) is 56.7. The van der Waals surface area contributed by atoms with Crippen molar-refractivity contribution in [2.45, 2.75) is 71.3 Å². The molecule has 2 aliphatic carbocycles. The Morgan fingerprint density at radius 1 is 0.912 bits per heavy atom. The highest BCUT2D eigenvalue weighted by atomic mass is 35.5. The van der Waals surface area contributed by atoms with Crippen LogP contribution in [0.4, 0.5) is 14.6 Å². The van der Waals surface area contributed by atoms with Crippen LogP contribution >= 0.6 is 22.9 Å². The van der Waals surface area contributed by atoms with Crippen LogP contribution < -0.4 is 30.7 Å². The number of alkyl halides is 2. The topological polar surface area (TPSA) is 203 Å². The van der Waals surface area contributed by atoms with Crippen molar-refractivity contribution in [3.8, 4) is 33.9 Å². The third-order valence-electron chi connectivity index (χ3n) is 14.7. The van der Waals surface area contributed by atoms with Gasteiger partial charge in [0.25, 0.3) is 0 Å². The molecule has 0 radical (unpaired) electrons. The van der Waals surface area contributed by atoms with Crippen molar-refractivity contribution in [1.29, 1.82) is 0 Å². The number of halogens is 3. The van der Waals surface area contributed by atoms with Crippen LogP contribution in [0.2, 0.25) is 5.02 Å². The second-order valence-corrected chi connectivity index (χ2v) is 22.2. The van der Waals surface area contributed by atoms with Gasteiger partial charge in [0.15, 0.2) is 11.5 Å². The molecular formula is C59H65ClF2N8O9S. The van der Waals surface area contributed by atoms with E-state index in [9.17, 15) is 32.8 Å². The van der Waals surface area contributed by atoms with E-state index in [1.54, 1.807) is 47.9 Å². The van der Waals surface area contributed by atoms with Crippen LogP contribution in [-0.4, -0.2) is 135 Å². The van der Waals surface area contributed by atoms with Crippen LogP contribution in [0.5, 0.6) is 11.5 Å². The normalized spacial score (nSPS) is 19.1. The quantitative estimate of drug-likeness (QED) is 0.0343. The predicted molar refractivity (Wildman–Crippen MR) is 301 cm³/mol. The third kappa shape index (κ3) is 13.9. The first-order valence-electron chi connectivity index (χ1n) is 26.7. The van der Waals surface area contributed by atoms with Gasteiger partial charge >= 0.3 is 6.29 Å². The fourth-order valence-electron chi connectivity index (χ4n) is 10.0. The van der Waals surface area contributed by atoms with E-state index in [2.05, 4.69) is 66.4 Å². The molecule has 3 aromatic heterocycles. The highest BCUT2D eigenvalue weighted by Gasteiger charge is 2.59. The molecule has 3 atom stereocenters. The molecule has 80 heavy (non-hydrogen) atoms. The van der Waals surface area contributed by atoms with Gasteiger partial charge in [-0.1, -0.05) is 41.9 Å². The molecule has 17 nitrogen and oxygen atoms in total. The second kappa shape index (κ2) is 25.3. The number of nitrogens with zero attached hydrogens (tertiary/aromatic N) is 4. The van der Waals surface area contributed by atoms with Crippen LogP contribution in [0.15, 0.2) is 85.1 Å². The molecule has 4 N–H and O–H groups in total. The minimum absolute atomic E-state index is 0.0167. The molecule has 5 aliphatic rings. The number of pyridine rings is 2. The number of piperazine rings is 1. The number of amides is 4. The molecule has 3 unspecified atom stereocenters. The molecule has 4 fully saturated rings. The summed E-state index contributed by atoms with van der Waals surface area (Å²) in [6, 6.07) is 23.5. The SMILES string of the molecule is CNCCNC(=O)COCCOCCN1CCNC(C)C1.Cc1cc(Cl)cc(-c2ccnc3cc(CN4C(=O)C5CC5C4=O)sc23)c1C.Cc1ccc(NC(=O)C2(c3ccc4c(c3)OC(F)(F)O4)CC2)nc1-c1cccc(C=O)c1. The molecule has 3 aliphatic heterocycles. The molecule has 21 heteroatoms. The first kappa shape index (κ1) is 57.9. The van der Waals surface area contributed by atoms with Gasteiger partial charge in [-0.3, -0.25) is 38.8 Å². The van der Waals surface area contributed by atoms with Crippen molar-refractivity contribution in [3.63, 3.8) is 0 Å². The lowest BCUT2D eigenvalue weighted by Gasteiger charge is -2.31. The molecule has 0 bridgehead atoms. The summed E-state index contributed by atoms with van der Waals surface area (Å²) in [6.45, 7) is 15.9. The van der Waals surface area contributed by atoms with E-state index in [1.807, 2.05) is 50.4 Å². The van der Waals surface area contributed by atoms with Crippen molar-refractivity contribution in [2.75, 3.05) is 78.1 Å². The molecule has 11 rings (SSSR count). The minimum atomic E-state index is -3.71. The van der Waals surface area contributed by atoms with E-state index in [1.165, 1.54) is 22.6 Å². The standard InChI is InChI=1S/C24H18F2N2O4.C21H17ClN2O2S.C14H30N4O3/c1-14-5-8-20(27-21(14)16-4-2-3-15(11-16)13-29)28-22(30)23(9-10-23)17-6-7-18-19(12-17)32-24(25,26)31-18;1-10-5-12(22)6-15(11(10)2)14-3-4-23-18-7-13(27-19(14)18)9-24-20(25)16-8-17(16)21(24)26;1-13-11-18(6-5-16-13)7-8-20-9-10-21-12-14(19)17-4-3-15-2/h2-8,11-13H,9-10H2,1H3,(H,27,28,30);3-7,16-17H,8-9H2,1-2H3;13,15-16H,3-12H2,1-2H3,(H,17,19). The van der Waals surface area contributed by atoms with Gasteiger partial charge in [-0.15, -0.1) is 20.1 Å². The number of nitrogens with one attached hydrogen (secondary N) is 4. The Labute approximate surface area is 472 Å². The van der Waals surface area contributed by atoms with Crippen molar-refractivity contribution in [2.24, 2.45) is 11.8 Å². The lowest BCUT2D eigenvalue weighted by atomic mass is 9.94. The average Bonchev–Trinajstić information content (AvgIpc) is 4.39. The lowest BCUT2D eigenvalue weighted by Crippen LogP contribution is -2.49. The van der Waals surface area contributed by atoms with Gasteiger partial charge in [0, 0.05) is 78.1 Å². The number of rotatable bonds is 19. The number of imide groups is 1. The van der Waals surface area contributed by atoms with Crippen LogP contribution in [-0.2, 0) is 40.6 Å². The maximum absolute atomic E-state index is 13.3. The maximum atomic E-state index is 13.3. The Hall–Kier alpha value is -6.78. The molecular weight excluding hydrogens is 1070 g/mol.